The molecule has 1 aromatic carbocycles. The summed E-state index contributed by atoms with van der Waals surface area (Å²) in [6.45, 7) is 0. The molecule has 0 aromatic heterocycles. The van der Waals surface area contributed by atoms with E-state index in [-0.39, 0.29) is 5.75 Å². The van der Waals surface area contributed by atoms with Gasteiger partial charge in [-0.1, -0.05) is 0 Å². The summed E-state index contributed by atoms with van der Waals surface area (Å²) in [5, 5.41) is 9.32. The molecule has 0 aliphatic heterocycles. The summed E-state index contributed by atoms with van der Waals surface area (Å²) in [5.41, 5.74) is 0.788. The van der Waals surface area contributed by atoms with Crippen LogP contribution in [0.15, 0.2) is 12.1 Å². The summed E-state index contributed by atoms with van der Waals surface area (Å²) in [7, 11) is 0. The summed E-state index contributed by atoms with van der Waals surface area (Å²) < 4.78 is 2.17. The fourth-order valence-electron chi connectivity index (χ4n) is 0.685. The fourth-order valence-corrected chi connectivity index (χ4v) is 1.88. The lowest BCUT2D eigenvalue weighted by Gasteiger charge is -2.02. The molecule has 1 N–H and O–H groups in total. The van der Waals surface area contributed by atoms with Gasteiger partial charge in [-0.25, -0.2) is 0 Å². The molecular weight excluding hydrogens is 389 g/mol. The molecule has 60 valence electrons. The second kappa shape index (κ2) is 4.13. The summed E-state index contributed by atoms with van der Waals surface area (Å²) in [6, 6.07) is 3.62. The van der Waals surface area contributed by atoms with Gasteiger partial charge in [-0.3, -0.25) is 0 Å². The van der Waals surface area contributed by atoms with Crippen LogP contribution in [0.5, 0.6) is 5.75 Å². The fraction of sp³-hybridized carbons (Fsp3) is 0.143. The molecule has 0 bridgehead atoms. The first kappa shape index (κ1) is 9.85. The summed E-state index contributed by atoms with van der Waals surface area (Å²) in [4.78, 5) is 0. The number of phenolic OH excluding ortho intramolecular Hbond substituents is 1. The molecule has 0 aliphatic carbocycles. The minimum absolute atomic E-state index is 0.282. The highest BCUT2D eigenvalue weighted by Gasteiger charge is 2.03. The molecule has 0 amide bonds. The van der Waals surface area contributed by atoms with Crippen molar-refractivity contribution in [2.24, 2.45) is 0 Å². The molecule has 1 aromatic rings. The van der Waals surface area contributed by atoms with E-state index in [0.717, 1.165) is 12.7 Å². The van der Waals surface area contributed by atoms with E-state index in [4.69, 9.17) is 11.6 Å². The third-order valence-electron chi connectivity index (χ3n) is 1.27. The van der Waals surface area contributed by atoms with Gasteiger partial charge in [0.25, 0.3) is 0 Å². The van der Waals surface area contributed by atoms with Gasteiger partial charge < -0.3 is 5.11 Å². The molecule has 0 atom stereocenters. The van der Waals surface area contributed by atoms with E-state index in [2.05, 4.69) is 45.2 Å². The zero-order chi connectivity index (χ0) is 8.43. The number of alkyl halides is 1. The maximum Gasteiger partial charge on any atom is 0.121 e. The lowest BCUT2D eigenvalue weighted by Crippen LogP contribution is -1.85. The molecule has 11 heavy (non-hydrogen) atoms. The smallest absolute Gasteiger partial charge is 0.121 e. The van der Waals surface area contributed by atoms with E-state index < -0.39 is 0 Å². The zero-order valence-corrected chi connectivity index (χ0v) is 10.5. The average Bonchev–Trinajstić information content (AvgIpc) is 1.97. The maximum absolute atomic E-state index is 9.32. The molecule has 0 aliphatic rings. The van der Waals surface area contributed by atoms with Crippen LogP contribution >= 0.6 is 56.8 Å². The standard InChI is InChI=1S/C7H5ClI2O/c8-3-4-1-5(9)6(10)2-7(4)11/h1-2,11H,3H2. The monoisotopic (exact) mass is 394 g/mol. The largest absolute Gasteiger partial charge is 0.508 e. The first-order valence-electron chi connectivity index (χ1n) is 2.88. The summed E-state index contributed by atoms with van der Waals surface area (Å²) >= 11 is 9.98. The van der Waals surface area contributed by atoms with E-state index in [0.29, 0.717) is 5.88 Å². The molecule has 4 heteroatoms. The highest BCUT2D eigenvalue weighted by atomic mass is 127. The van der Waals surface area contributed by atoms with Crippen molar-refractivity contribution < 1.29 is 5.11 Å². The lowest BCUT2D eigenvalue weighted by atomic mass is 10.2. The van der Waals surface area contributed by atoms with Crippen molar-refractivity contribution in [3.63, 3.8) is 0 Å². The van der Waals surface area contributed by atoms with Gasteiger partial charge in [0.05, 0.1) is 5.88 Å². The molecule has 0 radical (unpaired) electrons. The molecule has 0 saturated heterocycles. The average molecular weight is 394 g/mol. The normalized spacial score (nSPS) is 10.1. The van der Waals surface area contributed by atoms with Gasteiger partial charge in [0.2, 0.25) is 0 Å². The van der Waals surface area contributed by atoms with Crippen LogP contribution in [-0.4, -0.2) is 5.11 Å². The van der Waals surface area contributed by atoms with Crippen molar-refractivity contribution in [1.82, 2.24) is 0 Å². The number of benzene rings is 1. The maximum atomic E-state index is 9.32. The van der Waals surface area contributed by atoms with E-state index in [1.54, 1.807) is 6.07 Å². The third-order valence-corrected chi connectivity index (χ3v) is 4.37. The molecule has 0 fully saturated rings. The Kier molecular flexibility index (Phi) is 3.70. The molecule has 0 heterocycles. The van der Waals surface area contributed by atoms with Crippen LogP contribution in [0.3, 0.4) is 0 Å². The highest BCUT2D eigenvalue weighted by molar-refractivity contribution is 14.1. The van der Waals surface area contributed by atoms with Crippen LogP contribution in [-0.2, 0) is 5.88 Å². The Hall–Kier alpha value is 0.770. The number of halogens is 3. The minimum Gasteiger partial charge on any atom is -0.508 e. The van der Waals surface area contributed by atoms with Gasteiger partial charge >= 0.3 is 0 Å². The van der Waals surface area contributed by atoms with Gasteiger partial charge in [0, 0.05) is 12.7 Å². The van der Waals surface area contributed by atoms with Crippen LogP contribution in [0.25, 0.3) is 0 Å². The summed E-state index contributed by atoms with van der Waals surface area (Å²) in [5.74, 6) is 0.642. The SMILES string of the molecule is Oc1cc(I)c(I)cc1CCl. The first-order chi connectivity index (χ1) is 5.15. The predicted molar refractivity (Wildman–Crippen MR) is 63.1 cm³/mol. The molecular formula is C7H5ClI2O. The molecule has 1 nitrogen and oxygen atoms in total. The van der Waals surface area contributed by atoms with Gasteiger partial charge in [0.1, 0.15) is 5.75 Å². The Balaban J connectivity index is 3.21. The number of aromatic hydroxyl groups is 1. The highest BCUT2D eigenvalue weighted by Crippen LogP contribution is 2.25. The van der Waals surface area contributed by atoms with Crippen molar-refractivity contribution >= 4 is 56.8 Å². The second-order valence-corrected chi connectivity index (χ2v) is 4.62. The van der Waals surface area contributed by atoms with Gasteiger partial charge in [-0.15, -0.1) is 11.6 Å². The van der Waals surface area contributed by atoms with Gasteiger partial charge in [-0.2, -0.15) is 0 Å². The van der Waals surface area contributed by atoms with E-state index in [1.807, 2.05) is 6.07 Å². The topological polar surface area (TPSA) is 20.2 Å². The van der Waals surface area contributed by atoms with Crippen LogP contribution in [0.4, 0.5) is 0 Å². The van der Waals surface area contributed by atoms with E-state index >= 15 is 0 Å². The van der Waals surface area contributed by atoms with Crippen LogP contribution in [0.1, 0.15) is 5.56 Å². The molecule has 1 rings (SSSR count). The van der Waals surface area contributed by atoms with Crippen molar-refractivity contribution in [1.29, 1.82) is 0 Å². The lowest BCUT2D eigenvalue weighted by molar-refractivity contribution is 0.470. The van der Waals surface area contributed by atoms with Crippen molar-refractivity contribution in [3.8, 4) is 5.75 Å². The van der Waals surface area contributed by atoms with Crippen molar-refractivity contribution in [3.05, 3.63) is 24.8 Å². The van der Waals surface area contributed by atoms with Crippen LogP contribution in [0, 0.1) is 7.14 Å². The number of rotatable bonds is 1. The summed E-state index contributed by atoms with van der Waals surface area (Å²) in [6.07, 6.45) is 0. The number of hydrogen-bond acceptors (Lipinski definition) is 1. The van der Waals surface area contributed by atoms with Gasteiger partial charge in [-0.05, 0) is 57.3 Å². The Morgan fingerprint density at radius 3 is 2.36 bits per heavy atom. The second-order valence-electron chi connectivity index (χ2n) is 2.03. The predicted octanol–water partition coefficient (Wildman–Crippen LogP) is 3.34. The third kappa shape index (κ3) is 2.35. The number of phenols is 1. The quantitative estimate of drug-likeness (QED) is 0.572. The number of hydrogen-bond donors (Lipinski definition) is 1. The molecule has 0 saturated carbocycles. The Morgan fingerprint density at radius 2 is 1.82 bits per heavy atom. The Bertz CT molecular complexity index is 275. The van der Waals surface area contributed by atoms with Gasteiger partial charge in [0.15, 0.2) is 0 Å². The Morgan fingerprint density at radius 1 is 1.27 bits per heavy atom. The van der Waals surface area contributed by atoms with Crippen molar-refractivity contribution in [2.75, 3.05) is 0 Å². The Labute approximate surface area is 97.4 Å². The zero-order valence-electron chi connectivity index (χ0n) is 5.44. The van der Waals surface area contributed by atoms with E-state index in [9.17, 15) is 5.11 Å². The van der Waals surface area contributed by atoms with Crippen LogP contribution in [0.2, 0.25) is 0 Å². The molecule has 0 unspecified atom stereocenters. The van der Waals surface area contributed by atoms with Crippen molar-refractivity contribution in [2.45, 2.75) is 5.88 Å². The van der Waals surface area contributed by atoms with Crippen LogP contribution < -0.4 is 0 Å². The molecule has 0 spiro atoms. The van der Waals surface area contributed by atoms with E-state index in [1.165, 1.54) is 0 Å². The first-order valence-corrected chi connectivity index (χ1v) is 5.57. The minimum atomic E-state index is 0.282.